The topological polar surface area (TPSA) is 81.5 Å². The van der Waals surface area contributed by atoms with Crippen molar-refractivity contribution >= 4 is 28.9 Å². The highest BCUT2D eigenvalue weighted by Crippen LogP contribution is 2.38. The van der Waals surface area contributed by atoms with Gasteiger partial charge in [-0.05, 0) is 17.7 Å². The standard InChI is InChI=1S/C14H9ClN2O4/c15-10-7-9(17(19)20)4-5-11(10)21-12-3-1-2-8-6-13(18)16-14(8)12/h1-5,7H,6H2,(H,16,18). The number of para-hydroxylation sites is 1. The fraction of sp³-hybridized carbons (Fsp3) is 0.0714. The van der Waals surface area contributed by atoms with Gasteiger partial charge < -0.3 is 10.1 Å². The molecule has 21 heavy (non-hydrogen) atoms. The monoisotopic (exact) mass is 304 g/mol. The number of fused-ring (bicyclic) bond motifs is 1. The summed E-state index contributed by atoms with van der Waals surface area (Å²) in [5.74, 6) is 0.641. The number of nitro benzene ring substituents is 1. The average molecular weight is 305 g/mol. The second-order valence-corrected chi connectivity index (χ2v) is 4.90. The van der Waals surface area contributed by atoms with Crippen LogP contribution in [0.15, 0.2) is 36.4 Å². The number of benzene rings is 2. The number of halogens is 1. The first-order valence-corrected chi connectivity index (χ1v) is 6.46. The number of ether oxygens (including phenoxy) is 1. The molecule has 0 spiro atoms. The molecular formula is C14H9ClN2O4. The van der Waals surface area contributed by atoms with Gasteiger partial charge in [-0.2, -0.15) is 0 Å². The van der Waals surface area contributed by atoms with E-state index in [0.717, 1.165) is 5.56 Å². The van der Waals surface area contributed by atoms with Gasteiger partial charge in [-0.3, -0.25) is 14.9 Å². The Kier molecular flexibility index (Phi) is 3.23. The first kappa shape index (κ1) is 13.4. The van der Waals surface area contributed by atoms with E-state index in [4.69, 9.17) is 16.3 Å². The van der Waals surface area contributed by atoms with E-state index in [9.17, 15) is 14.9 Å². The lowest BCUT2D eigenvalue weighted by atomic mass is 10.1. The van der Waals surface area contributed by atoms with Gasteiger partial charge in [0, 0.05) is 12.1 Å². The fourth-order valence-electron chi connectivity index (χ4n) is 2.11. The minimum Gasteiger partial charge on any atom is -0.454 e. The number of carbonyl (C=O) groups excluding carboxylic acids is 1. The van der Waals surface area contributed by atoms with E-state index in [1.54, 1.807) is 12.1 Å². The van der Waals surface area contributed by atoms with Crippen LogP contribution in [0.5, 0.6) is 11.5 Å². The van der Waals surface area contributed by atoms with Crippen LogP contribution in [0.2, 0.25) is 5.02 Å². The van der Waals surface area contributed by atoms with Crippen LogP contribution >= 0.6 is 11.6 Å². The molecule has 0 unspecified atom stereocenters. The Morgan fingerprint density at radius 2 is 2.05 bits per heavy atom. The zero-order chi connectivity index (χ0) is 15.0. The summed E-state index contributed by atoms with van der Waals surface area (Å²) < 4.78 is 5.67. The molecule has 0 saturated carbocycles. The number of carbonyl (C=O) groups is 1. The Labute approximate surface area is 124 Å². The van der Waals surface area contributed by atoms with Crippen LogP contribution in [-0.2, 0) is 11.2 Å². The van der Waals surface area contributed by atoms with Crippen LogP contribution in [0.3, 0.4) is 0 Å². The van der Waals surface area contributed by atoms with Gasteiger partial charge in [0.05, 0.1) is 22.1 Å². The van der Waals surface area contributed by atoms with Crippen LogP contribution in [0.25, 0.3) is 0 Å². The zero-order valence-corrected chi connectivity index (χ0v) is 11.4. The summed E-state index contributed by atoms with van der Waals surface area (Å²) in [4.78, 5) is 21.6. The van der Waals surface area contributed by atoms with Crippen LogP contribution < -0.4 is 10.1 Å². The second-order valence-electron chi connectivity index (χ2n) is 4.49. The molecule has 1 heterocycles. The van der Waals surface area contributed by atoms with Crippen molar-refractivity contribution in [1.29, 1.82) is 0 Å². The van der Waals surface area contributed by atoms with Gasteiger partial charge in [0.15, 0.2) is 5.75 Å². The molecule has 0 aliphatic carbocycles. The Balaban J connectivity index is 1.93. The SMILES string of the molecule is O=C1Cc2cccc(Oc3ccc([N+](=O)[O-])cc3Cl)c2N1. The van der Waals surface area contributed by atoms with Gasteiger partial charge in [0.25, 0.3) is 5.69 Å². The highest BCUT2D eigenvalue weighted by Gasteiger charge is 2.22. The molecule has 1 aliphatic rings. The molecule has 7 heteroatoms. The summed E-state index contributed by atoms with van der Waals surface area (Å²) in [6.45, 7) is 0. The van der Waals surface area contributed by atoms with Crippen molar-refractivity contribution in [2.24, 2.45) is 0 Å². The molecule has 106 valence electrons. The number of non-ortho nitro benzene ring substituents is 1. The maximum absolute atomic E-state index is 11.4. The number of nitro groups is 1. The third-order valence-electron chi connectivity index (χ3n) is 3.07. The van der Waals surface area contributed by atoms with Crippen molar-refractivity contribution in [3.05, 3.63) is 57.1 Å². The summed E-state index contributed by atoms with van der Waals surface area (Å²) in [5, 5.41) is 13.5. The normalized spacial score (nSPS) is 12.7. The van der Waals surface area contributed by atoms with E-state index in [2.05, 4.69) is 5.32 Å². The lowest BCUT2D eigenvalue weighted by Gasteiger charge is -2.11. The summed E-state index contributed by atoms with van der Waals surface area (Å²) in [6.07, 6.45) is 0.306. The Morgan fingerprint density at radius 3 is 2.76 bits per heavy atom. The molecule has 2 aromatic carbocycles. The van der Waals surface area contributed by atoms with Crippen LogP contribution in [0.4, 0.5) is 11.4 Å². The summed E-state index contributed by atoms with van der Waals surface area (Å²) in [7, 11) is 0. The van der Waals surface area contributed by atoms with Crippen molar-refractivity contribution in [3.63, 3.8) is 0 Å². The van der Waals surface area contributed by atoms with Crippen molar-refractivity contribution in [3.8, 4) is 11.5 Å². The molecule has 0 saturated heterocycles. The number of nitrogens with zero attached hydrogens (tertiary/aromatic N) is 1. The maximum atomic E-state index is 11.4. The van der Waals surface area contributed by atoms with Gasteiger partial charge in [0.1, 0.15) is 5.75 Å². The van der Waals surface area contributed by atoms with E-state index in [1.165, 1.54) is 18.2 Å². The van der Waals surface area contributed by atoms with Gasteiger partial charge in [0.2, 0.25) is 5.91 Å². The number of nitrogens with one attached hydrogen (secondary N) is 1. The Bertz CT molecular complexity index is 761. The third-order valence-corrected chi connectivity index (χ3v) is 3.37. The number of hydrogen-bond donors (Lipinski definition) is 1. The zero-order valence-electron chi connectivity index (χ0n) is 10.6. The van der Waals surface area contributed by atoms with E-state index < -0.39 is 4.92 Å². The van der Waals surface area contributed by atoms with Gasteiger partial charge in [-0.1, -0.05) is 23.7 Å². The van der Waals surface area contributed by atoms with Crippen LogP contribution in [-0.4, -0.2) is 10.8 Å². The first-order valence-electron chi connectivity index (χ1n) is 6.08. The minimum absolute atomic E-state index is 0.101. The lowest BCUT2D eigenvalue weighted by molar-refractivity contribution is -0.384. The summed E-state index contributed by atoms with van der Waals surface area (Å²) in [6, 6.07) is 9.26. The van der Waals surface area contributed by atoms with Crippen LogP contribution in [0, 0.1) is 10.1 Å². The number of anilines is 1. The molecule has 1 amide bonds. The Morgan fingerprint density at radius 1 is 1.24 bits per heavy atom. The van der Waals surface area contributed by atoms with Crippen molar-refractivity contribution in [2.75, 3.05) is 5.32 Å². The lowest BCUT2D eigenvalue weighted by Crippen LogP contribution is -2.04. The van der Waals surface area contributed by atoms with Crippen molar-refractivity contribution in [2.45, 2.75) is 6.42 Å². The Hall–Kier alpha value is -2.60. The van der Waals surface area contributed by atoms with E-state index >= 15 is 0 Å². The molecule has 2 aromatic rings. The fourth-order valence-corrected chi connectivity index (χ4v) is 2.33. The van der Waals surface area contributed by atoms with E-state index in [1.807, 2.05) is 6.07 Å². The maximum Gasteiger partial charge on any atom is 0.271 e. The van der Waals surface area contributed by atoms with Crippen LogP contribution in [0.1, 0.15) is 5.56 Å². The summed E-state index contributed by atoms with van der Waals surface area (Å²) in [5.41, 5.74) is 1.34. The van der Waals surface area contributed by atoms with Crippen molar-refractivity contribution < 1.29 is 14.5 Å². The largest absolute Gasteiger partial charge is 0.454 e. The molecular weight excluding hydrogens is 296 g/mol. The molecule has 3 rings (SSSR count). The number of rotatable bonds is 3. The molecule has 0 aromatic heterocycles. The molecule has 0 atom stereocenters. The number of amides is 1. The van der Waals surface area contributed by atoms with Crippen molar-refractivity contribution in [1.82, 2.24) is 0 Å². The first-order chi connectivity index (χ1) is 10.0. The third kappa shape index (κ3) is 2.53. The molecule has 1 aliphatic heterocycles. The van der Waals surface area contributed by atoms with Gasteiger partial charge in [-0.15, -0.1) is 0 Å². The van der Waals surface area contributed by atoms with Gasteiger partial charge >= 0.3 is 0 Å². The highest BCUT2D eigenvalue weighted by molar-refractivity contribution is 6.32. The molecule has 0 fully saturated rings. The predicted octanol–water partition coefficient (Wildman–Crippen LogP) is 3.54. The quantitative estimate of drug-likeness (QED) is 0.694. The smallest absolute Gasteiger partial charge is 0.271 e. The highest BCUT2D eigenvalue weighted by atomic mass is 35.5. The summed E-state index contributed by atoms with van der Waals surface area (Å²) >= 11 is 5.99. The molecule has 1 N–H and O–H groups in total. The minimum atomic E-state index is -0.532. The molecule has 0 radical (unpaired) electrons. The van der Waals surface area contributed by atoms with E-state index in [0.29, 0.717) is 17.9 Å². The average Bonchev–Trinajstić information content (AvgIpc) is 2.82. The molecule has 6 nitrogen and oxygen atoms in total. The predicted molar refractivity (Wildman–Crippen MR) is 77.0 cm³/mol. The second kappa shape index (κ2) is 5.06. The molecule has 0 bridgehead atoms. The van der Waals surface area contributed by atoms with Gasteiger partial charge in [-0.25, -0.2) is 0 Å². The van der Waals surface area contributed by atoms with E-state index in [-0.39, 0.29) is 22.4 Å². The number of hydrogen-bond acceptors (Lipinski definition) is 4.